The molecule has 1 aliphatic rings. The normalized spacial score (nSPS) is 17.3. The van der Waals surface area contributed by atoms with E-state index in [0.29, 0.717) is 31.1 Å². The van der Waals surface area contributed by atoms with Crippen molar-refractivity contribution in [3.63, 3.8) is 0 Å². The van der Waals surface area contributed by atoms with Gasteiger partial charge in [0.1, 0.15) is 10.8 Å². The number of halogens is 1. The van der Waals surface area contributed by atoms with Gasteiger partial charge in [-0.25, -0.2) is 9.78 Å². The Morgan fingerprint density at radius 2 is 1.88 bits per heavy atom. The highest BCUT2D eigenvalue weighted by molar-refractivity contribution is 6.29. The third kappa shape index (κ3) is 3.98. The molecule has 24 heavy (non-hydrogen) atoms. The smallest absolute Gasteiger partial charge is 0.410 e. The predicted molar refractivity (Wildman–Crippen MR) is 90.0 cm³/mol. The number of piperidine rings is 1. The maximum atomic E-state index is 12.5. The molecule has 2 rings (SSSR count). The fraction of sp³-hybridized carbons (Fsp3) is 0.588. The number of methoxy groups -OCH3 is 1. The van der Waals surface area contributed by atoms with Crippen LogP contribution in [-0.4, -0.2) is 47.7 Å². The van der Waals surface area contributed by atoms with Crippen LogP contribution in [0.15, 0.2) is 18.3 Å². The molecule has 1 saturated heterocycles. The molecule has 0 radical (unpaired) electrons. The van der Waals surface area contributed by atoms with Gasteiger partial charge in [0.05, 0.1) is 12.5 Å². The summed E-state index contributed by atoms with van der Waals surface area (Å²) in [5, 5.41) is 0.366. The van der Waals surface area contributed by atoms with Crippen LogP contribution < -0.4 is 0 Å². The Morgan fingerprint density at radius 3 is 2.33 bits per heavy atom. The van der Waals surface area contributed by atoms with E-state index in [1.807, 2.05) is 20.8 Å². The van der Waals surface area contributed by atoms with E-state index in [4.69, 9.17) is 21.1 Å². The molecule has 1 amide bonds. The summed E-state index contributed by atoms with van der Waals surface area (Å²) in [5.41, 5.74) is -0.610. The molecular weight excluding hydrogens is 332 g/mol. The van der Waals surface area contributed by atoms with E-state index in [1.54, 1.807) is 23.2 Å². The molecule has 1 aliphatic heterocycles. The van der Waals surface area contributed by atoms with Gasteiger partial charge in [0, 0.05) is 19.3 Å². The van der Waals surface area contributed by atoms with Gasteiger partial charge >= 0.3 is 12.1 Å². The highest BCUT2D eigenvalue weighted by Crippen LogP contribution is 2.37. The molecule has 0 spiro atoms. The predicted octanol–water partition coefficient (Wildman–Crippen LogP) is 3.18. The van der Waals surface area contributed by atoms with Crippen molar-refractivity contribution >= 4 is 23.7 Å². The van der Waals surface area contributed by atoms with Gasteiger partial charge in [0.2, 0.25) is 0 Å². The molecule has 0 aliphatic carbocycles. The molecule has 1 aromatic heterocycles. The topological polar surface area (TPSA) is 68.7 Å². The van der Waals surface area contributed by atoms with Crippen molar-refractivity contribution in [2.75, 3.05) is 20.2 Å². The van der Waals surface area contributed by atoms with Crippen molar-refractivity contribution in [3.05, 3.63) is 29.0 Å². The van der Waals surface area contributed by atoms with Crippen LogP contribution in [0.4, 0.5) is 4.79 Å². The molecule has 0 N–H and O–H groups in total. The highest BCUT2D eigenvalue weighted by atomic mass is 35.5. The van der Waals surface area contributed by atoms with Crippen LogP contribution in [0.3, 0.4) is 0 Å². The zero-order valence-electron chi connectivity index (χ0n) is 14.5. The molecule has 132 valence electrons. The standard InChI is InChI=1S/C17H23ClN2O4/c1-16(2,3)24-15(22)20-9-7-17(8-10-20,14(21)23-4)12-5-6-13(18)19-11-12/h5-6,11H,7-10H2,1-4H3. The molecule has 7 heteroatoms. The molecule has 0 saturated carbocycles. The molecule has 6 nitrogen and oxygen atoms in total. The SMILES string of the molecule is COC(=O)C1(c2ccc(Cl)nc2)CCN(C(=O)OC(C)(C)C)CC1. The van der Waals surface area contributed by atoms with Crippen LogP contribution in [0, 0.1) is 0 Å². The summed E-state index contributed by atoms with van der Waals surface area (Å²) in [4.78, 5) is 30.4. The number of aromatic nitrogens is 1. The molecule has 1 aromatic rings. The van der Waals surface area contributed by atoms with E-state index in [9.17, 15) is 9.59 Å². The van der Waals surface area contributed by atoms with Crippen molar-refractivity contribution in [1.29, 1.82) is 0 Å². The number of nitrogens with zero attached hydrogens (tertiary/aromatic N) is 2. The van der Waals surface area contributed by atoms with Gasteiger partial charge in [0.15, 0.2) is 0 Å². The minimum absolute atomic E-state index is 0.324. The number of amides is 1. The third-order valence-corrected chi connectivity index (χ3v) is 4.35. The van der Waals surface area contributed by atoms with Crippen LogP contribution in [-0.2, 0) is 19.7 Å². The number of esters is 1. The average molecular weight is 355 g/mol. The van der Waals surface area contributed by atoms with E-state index < -0.39 is 11.0 Å². The first-order valence-electron chi connectivity index (χ1n) is 7.86. The van der Waals surface area contributed by atoms with Crippen LogP contribution in [0.25, 0.3) is 0 Å². The zero-order valence-corrected chi connectivity index (χ0v) is 15.2. The lowest BCUT2D eigenvalue weighted by molar-refractivity contribution is -0.149. The molecule has 0 atom stereocenters. The van der Waals surface area contributed by atoms with E-state index in [1.165, 1.54) is 7.11 Å². The molecule has 1 fully saturated rings. The second-order valence-electron chi connectivity index (χ2n) is 6.91. The minimum Gasteiger partial charge on any atom is -0.468 e. The lowest BCUT2D eigenvalue weighted by atomic mass is 9.73. The highest BCUT2D eigenvalue weighted by Gasteiger charge is 2.45. The van der Waals surface area contributed by atoms with Crippen LogP contribution in [0.1, 0.15) is 39.2 Å². The summed E-state index contributed by atoms with van der Waals surface area (Å²) in [5.74, 6) is -0.324. The number of ether oxygens (including phenoxy) is 2. The summed E-state index contributed by atoms with van der Waals surface area (Å²) >= 11 is 5.84. The first kappa shape index (κ1) is 18.5. The Balaban J connectivity index is 2.18. The fourth-order valence-corrected chi connectivity index (χ4v) is 2.97. The summed E-state index contributed by atoms with van der Waals surface area (Å²) in [6.07, 6.45) is 2.13. The summed E-state index contributed by atoms with van der Waals surface area (Å²) < 4.78 is 10.4. The first-order valence-corrected chi connectivity index (χ1v) is 8.24. The van der Waals surface area contributed by atoms with Crippen LogP contribution >= 0.6 is 11.6 Å². The quantitative estimate of drug-likeness (QED) is 0.602. The summed E-state index contributed by atoms with van der Waals surface area (Å²) in [6.45, 7) is 6.30. The van der Waals surface area contributed by atoms with Crippen molar-refractivity contribution in [1.82, 2.24) is 9.88 Å². The largest absolute Gasteiger partial charge is 0.468 e. The number of likely N-dealkylation sites (tertiary alicyclic amines) is 1. The van der Waals surface area contributed by atoms with Gasteiger partial charge in [0.25, 0.3) is 0 Å². The number of rotatable bonds is 2. The number of carbonyl (C=O) groups is 2. The van der Waals surface area contributed by atoms with E-state index in [0.717, 1.165) is 5.56 Å². The molecule has 0 aromatic carbocycles. The average Bonchev–Trinajstić information content (AvgIpc) is 2.53. The number of hydrogen-bond donors (Lipinski definition) is 0. The second kappa shape index (κ2) is 6.97. The van der Waals surface area contributed by atoms with Crippen molar-refractivity contribution in [2.24, 2.45) is 0 Å². The van der Waals surface area contributed by atoms with Gasteiger partial charge < -0.3 is 14.4 Å². The maximum absolute atomic E-state index is 12.5. The van der Waals surface area contributed by atoms with Gasteiger partial charge in [-0.1, -0.05) is 17.7 Å². The first-order chi connectivity index (χ1) is 11.2. The van der Waals surface area contributed by atoms with E-state index in [2.05, 4.69) is 4.98 Å². The van der Waals surface area contributed by atoms with Crippen molar-refractivity contribution in [2.45, 2.75) is 44.6 Å². The van der Waals surface area contributed by atoms with Crippen LogP contribution in [0.2, 0.25) is 5.15 Å². The third-order valence-electron chi connectivity index (χ3n) is 4.12. The van der Waals surface area contributed by atoms with Crippen molar-refractivity contribution < 1.29 is 19.1 Å². The van der Waals surface area contributed by atoms with Gasteiger partial charge in [-0.2, -0.15) is 0 Å². The Hall–Kier alpha value is -1.82. The molecule has 0 bridgehead atoms. The maximum Gasteiger partial charge on any atom is 0.410 e. The Morgan fingerprint density at radius 1 is 1.25 bits per heavy atom. The summed E-state index contributed by atoms with van der Waals surface area (Å²) in [7, 11) is 1.37. The number of carbonyl (C=O) groups excluding carboxylic acids is 2. The molecule has 0 unspecified atom stereocenters. The van der Waals surface area contributed by atoms with Crippen LogP contribution in [0.5, 0.6) is 0 Å². The lowest BCUT2D eigenvalue weighted by Crippen LogP contribution is -2.50. The second-order valence-corrected chi connectivity index (χ2v) is 7.30. The van der Waals surface area contributed by atoms with E-state index >= 15 is 0 Å². The minimum atomic E-state index is -0.815. The monoisotopic (exact) mass is 354 g/mol. The molecular formula is C17H23ClN2O4. The van der Waals surface area contributed by atoms with Gasteiger partial charge in [-0.15, -0.1) is 0 Å². The molecule has 2 heterocycles. The number of hydrogen-bond acceptors (Lipinski definition) is 5. The Bertz CT molecular complexity index is 602. The van der Waals surface area contributed by atoms with E-state index in [-0.39, 0.29) is 12.1 Å². The zero-order chi connectivity index (χ0) is 18.0. The summed E-state index contributed by atoms with van der Waals surface area (Å²) in [6, 6.07) is 3.44. The Kier molecular flexibility index (Phi) is 5.38. The lowest BCUT2D eigenvalue weighted by Gasteiger charge is -2.40. The number of pyridine rings is 1. The van der Waals surface area contributed by atoms with Gasteiger partial charge in [-0.05, 0) is 45.2 Å². The Labute approximate surface area is 147 Å². The van der Waals surface area contributed by atoms with Gasteiger partial charge in [-0.3, -0.25) is 4.79 Å². The van der Waals surface area contributed by atoms with Crippen molar-refractivity contribution in [3.8, 4) is 0 Å². The fourth-order valence-electron chi connectivity index (χ4n) is 2.86.